The summed E-state index contributed by atoms with van der Waals surface area (Å²) in [4.78, 5) is 14.0. The van der Waals surface area contributed by atoms with Crippen molar-refractivity contribution in [2.75, 3.05) is 13.2 Å². The van der Waals surface area contributed by atoms with Crippen molar-refractivity contribution in [3.8, 4) is 0 Å². The van der Waals surface area contributed by atoms with E-state index < -0.39 is 6.04 Å². The molecule has 0 radical (unpaired) electrons. The summed E-state index contributed by atoms with van der Waals surface area (Å²) in [6.07, 6.45) is -0.0613. The lowest BCUT2D eigenvalue weighted by molar-refractivity contribution is -0.145. The third-order valence-corrected chi connectivity index (χ3v) is 3.89. The Hall–Kier alpha value is -1.39. The van der Waals surface area contributed by atoms with Gasteiger partial charge < -0.3 is 15.4 Å². The highest BCUT2D eigenvalue weighted by Gasteiger charge is 2.32. The van der Waals surface area contributed by atoms with E-state index in [1.165, 1.54) is 16.7 Å². The number of ether oxygens (including phenoxy) is 1. The van der Waals surface area contributed by atoms with Crippen LogP contribution in [0.25, 0.3) is 0 Å². The van der Waals surface area contributed by atoms with Gasteiger partial charge in [-0.3, -0.25) is 4.79 Å². The number of amides is 1. The van der Waals surface area contributed by atoms with Gasteiger partial charge in [0.25, 0.3) is 0 Å². The SMILES string of the molecule is Cc1ccc(C)c([C@@H]2CN(C(=O)[C@@H](C)N)[C@@H](C)CO2)c1. The molecule has 1 heterocycles. The summed E-state index contributed by atoms with van der Waals surface area (Å²) in [5, 5.41) is 0. The van der Waals surface area contributed by atoms with Crippen LogP contribution in [0.15, 0.2) is 18.2 Å². The molecular formula is C16H24N2O2. The number of benzene rings is 1. The first kappa shape index (κ1) is 15.0. The fourth-order valence-corrected chi connectivity index (χ4v) is 2.62. The topological polar surface area (TPSA) is 55.6 Å². The summed E-state index contributed by atoms with van der Waals surface area (Å²) < 4.78 is 5.94. The normalized spacial score (nSPS) is 24.6. The van der Waals surface area contributed by atoms with Crippen LogP contribution in [-0.2, 0) is 9.53 Å². The average Bonchev–Trinajstić information content (AvgIpc) is 2.41. The van der Waals surface area contributed by atoms with Gasteiger partial charge in [0.1, 0.15) is 6.10 Å². The molecule has 0 aliphatic carbocycles. The van der Waals surface area contributed by atoms with Crippen molar-refractivity contribution in [3.05, 3.63) is 34.9 Å². The minimum Gasteiger partial charge on any atom is -0.370 e. The Morgan fingerprint density at radius 1 is 1.45 bits per heavy atom. The highest BCUT2D eigenvalue weighted by Crippen LogP contribution is 2.28. The second-order valence-corrected chi connectivity index (χ2v) is 5.81. The fourth-order valence-electron chi connectivity index (χ4n) is 2.62. The lowest BCUT2D eigenvalue weighted by Gasteiger charge is -2.39. The van der Waals surface area contributed by atoms with Crippen LogP contribution in [0.5, 0.6) is 0 Å². The molecule has 0 aromatic heterocycles. The number of nitrogens with two attached hydrogens (primary N) is 1. The number of carbonyl (C=O) groups excluding carboxylic acids is 1. The second kappa shape index (κ2) is 5.94. The van der Waals surface area contributed by atoms with Crippen LogP contribution in [-0.4, -0.2) is 36.0 Å². The molecule has 0 spiro atoms. The maximum absolute atomic E-state index is 12.2. The van der Waals surface area contributed by atoms with E-state index >= 15 is 0 Å². The van der Waals surface area contributed by atoms with Crippen molar-refractivity contribution >= 4 is 5.91 Å². The Kier molecular flexibility index (Phi) is 4.45. The summed E-state index contributed by atoms with van der Waals surface area (Å²) in [5.74, 6) is -0.00361. The Bertz CT molecular complexity index is 499. The maximum atomic E-state index is 12.2. The van der Waals surface area contributed by atoms with E-state index in [0.29, 0.717) is 13.2 Å². The second-order valence-electron chi connectivity index (χ2n) is 5.81. The first-order chi connectivity index (χ1) is 9.40. The molecule has 0 unspecified atom stereocenters. The van der Waals surface area contributed by atoms with Crippen molar-refractivity contribution in [1.82, 2.24) is 4.90 Å². The lowest BCUT2D eigenvalue weighted by Crippen LogP contribution is -2.52. The molecule has 2 N–H and O–H groups in total. The van der Waals surface area contributed by atoms with Crippen LogP contribution in [0.2, 0.25) is 0 Å². The Balaban J connectivity index is 2.22. The Morgan fingerprint density at radius 2 is 2.15 bits per heavy atom. The van der Waals surface area contributed by atoms with Crippen LogP contribution in [0, 0.1) is 13.8 Å². The van der Waals surface area contributed by atoms with Gasteiger partial charge in [0, 0.05) is 0 Å². The summed E-state index contributed by atoms with van der Waals surface area (Å²) in [7, 11) is 0. The van der Waals surface area contributed by atoms with E-state index in [1.54, 1.807) is 6.92 Å². The standard InChI is InChI=1S/C16H24N2O2/c1-10-5-6-11(2)14(7-10)15-8-18(12(3)9-20-15)16(19)13(4)17/h5-7,12-13,15H,8-9,17H2,1-4H3/t12-,13+,15-/m0/s1. The van der Waals surface area contributed by atoms with E-state index in [1.807, 2.05) is 11.8 Å². The van der Waals surface area contributed by atoms with Gasteiger partial charge in [-0.15, -0.1) is 0 Å². The van der Waals surface area contributed by atoms with E-state index in [9.17, 15) is 4.79 Å². The van der Waals surface area contributed by atoms with Crippen LogP contribution >= 0.6 is 0 Å². The number of aryl methyl sites for hydroxylation is 2. The predicted octanol–water partition coefficient (Wildman–Crippen LogP) is 1.94. The highest BCUT2D eigenvalue weighted by molar-refractivity contribution is 5.81. The molecule has 4 heteroatoms. The van der Waals surface area contributed by atoms with Crippen molar-refractivity contribution in [2.24, 2.45) is 5.73 Å². The number of rotatable bonds is 2. The molecular weight excluding hydrogens is 252 g/mol. The smallest absolute Gasteiger partial charge is 0.239 e. The molecule has 0 bridgehead atoms. The average molecular weight is 276 g/mol. The van der Waals surface area contributed by atoms with Crippen LogP contribution < -0.4 is 5.73 Å². The number of nitrogens with zero attached hydrogens (tertiary/aromatic N) is 1. The minimum absolute atomic E-state index is 0.00361. The van der Waals surface area contributed by atoms with Gasteiger partial charge in [-0.05, 0) is 38.8 Å². The number of hydrogen-bond acceptors (Lipinski definition) is 3. The third-order valence-electron chi connectivity index (χ3n) is 3.89. The molecule has 1 aromatic carbocycles. The van der Waals surface area contributed by atoms with E-state index in [4.69, 9.17) is 10.5 Å². The number of hydrogen-bond donors (Lipinski definition) is 1. The molecule has 110 valence electrons. The van der Waals surface area contributed by atoms with Crippen LogP contribution in [0.4, 0.5) is 0 Å². The van der Waals surface area contributed by atoms with E-state index in [0.717, 1.165) is 0 Å². The van der Waals surface area contributed by atoms with Crippen molar-refractivity contribution < 1.29 is 9.53 Å². The number of morpholine rings is 1. The Morgan fingerprint density at radius 3 is 2.80 bits per heavy atom. The fraction of sp³-hybridized carbons (Fsp3) is 0.562. The summed E-state index contributed by atoms with van der Waals surface area (Å²) >= 11 is 0. The zero-order chi connectivity index (χ0) is 14.9. The molecule has 20 heavy (non-hydrogen) atoms. The highest BCUT2D eigenvalue weighted by atomic mass is 16.5. The quantitative estimate of drug-likeness (QED) is 0.898. The summed E-state index contributed by atoms with van der Waals surface area (Å²) in [6, 6.07) is 5.95. The molecule has 1 saturated heterocycles. The van der Waals surface area contributed by atoms with Crippen molar-refractivity contribution in [2.45, 2.75) is 45.9 Å². The van der Waals surface area contributed by atoms with Gasteiger partial charge in [0.15, 0.2) is 0 Å². The minimum atomic E-state index is -0.463. The predicted molar refractivity (Wildman–Crippen MR) is 79.4 cm³/mol. The van der Waals surface area contributed by atoms with E-state index in [2.05, 4.69) is 32.0 Å². The van der Waals surface area contributed by atoms with Gasteiger partial charge in [-0.2, -0.15) is 0 Å². The molecule has 2 rings (SSSR count). The summed E-state index contributed by atoms with van der Waals surface area (Å²) in [6.45, 7) is 9.01. The zero-order valence-corrected chi connectivity index (χ0v) is 12.7. The van der Waals surface area contributed by atoms with Gasteiger partial charge in [-0.25, -0.2) is 0 Å². The Labute approximate surface area is 120 Å². The van der Waals surface area contributed by atoms with Crippen molar-refractivity contribution in [1.29, 1.82) is 0 Å². The molecule has 1 amide bonds. The molecule has 0 saturated carbocycles. The van der Waals surface area contributed by atoms with Crippen LogP contribution in [0.3, 0.4) is 0 Å². The number of carbonyl (C=O) groups is 1. The van der Waals surface area contributed by atoms with E-state index in [-0.39, 0.29) is 18.1 Å². The van der Waals surface area contributed by atoms with Crippen molar-refractivity contribution in [3.63, 3.8) is 0 Å². The zero-order valence-electron chi connectivity index (χ0n) is 12.7. The molecule has 1 aromatic rings. The monoisotopic (exact) mass is 276 g/mol. The van der Waals surface area contributed by atoms with Gasteiger partial charge >= 0.3 is 0 Å². The molecule has 1 fully saturated rings. The van der Waals surface area contributed by atoms with Gasteiger partial charge in [0.05, 0.1) is 25.2 Å². The summed E-state index contributed by atoms with van der Waals surface area (Å²) in [5.41, 5.74) is 9.31. The molecule has 4 nitrogen and oxygen atoms in total. The first-order valence-electron chi connectivity index (χ1n) is 7.15. The lowest BCUT2D eigenvalue weighted by atomic mass is 9.98. The third kappa shape index (κ3) is 3.02. The largest absolute Gasteiger partial charge is 0.370 e. The first-order valence-corrected chi connectivity index (χ1v) is 7.15. The molecule has 1 aliphatic heterocycles. The maximum Gasteiger partial charge on any atom is 0.239 e. The van der Waals surface area contributed by atoms with Crippen LogP contribution in [0.1, 0.15) is 36.6 Å². The van der Waals surface area contributed by atoms with Gasteiger partial charge in [-0.1, -0.05) is 23.8 Å². The van der Waals surface area contributed by atoms with Gasteiger partial charge in [0.2, 0.25) is 5.91 Å². The molecule has 1 aliphatic rings. The molecule has 3 atom stereocenters.